The van der Waals surface area contributed by atoms with E-state index in [1.54, 1.807) is 0 Å². The minimum atomic E-state index is 0.914. The van der Waals surface area contributed by atoms with Gasteiger partial charge in [-0.05, 0) is 12.3 Å². The largest absolute Gasteiger partial charge is 0.265 e. The fourth-order valence-corrected chi connectivity index (χ4v) is 2.09. The van der Waals surface area contributed by atoms with Gasteiger partial charge in [-0.25, -0.2) is 0 Å². The van der Waals surface area contributed by atoms with Crippen molar-refractivity contribution in [3.63, 3.8) is 0 Å². The highest BCUT2D eigenvalue weighted by molar-refractivity contribution is 6.05. The number of hydrogen-bond donors (Lipinski definition) is 0. The van der Waals surface area contributed by atoms with Crippen molar-refractivity contribution < 1.29 is 0 Å². The third-order valence-electron chi connectivity index (χ3n) is 2.83. The van der Waals surface area contributed by atoms with Crippen LogP contribution in [0.4, 0.5) is 0 Å². The van der Waals surface area contributed by atoms with Gasteiger partial charge in [-0.3, -0.25) is 4.68 Å². The van der Waals surface area contributed by atoms with E-state index in [4.69, 9.17) is 0 Å². The molecule has 0 bridgehead atoms. The van der Waals surface area contributed by atoms with Gasteiger partial charge in [0.15, 0.2) is 0 Å². The molecular weight excluding hydrogens is 184 g/mol. The number of fused-ring (bicyclic) bond motifs is 3. The average Bonchev–Trinajstić information content (AvgIpc) is 2.72. The lowest BCUT2D eigenvalue weighted by atomic mass is 10.1. The Morgan fingerprint density at radius 3 is 2.73 bits per heavy atom. The smallest absolute Gasteiger partial charge is 0.0760 e. The fourth-order valence-electron chi connectivity index (χ4n) is 2.09. The van der Waals surface area contributed by atoms with E-state index in [1.165, 1.54) is 21.7 Å². The molecule has 74 valence electrons. The van der Waals surface area contributed by atoms with Gasteiger partial charge in [-0.15, -0.1) is 0 Å². The van der Waals surface area contributed by atoms with Crippen molar-refractivity contribution in [1.82, 2.24) is 9.78 Å². The zero-order valence-corrected chi connectivity index (χ0v) is 8.64. The first-order valence-corrected chi connectivity index (χ1v) is 5.23. The van der Waals surface area contributed by atoms with E-state index in [-0.39, 0.29) is 0 Å². The zero-order valence-electron chi connectivity index (χ0n) is 8.64. The first-order valence-electron chi connectivity index (χ1n) is 5.23. The maximum atomic E-state index is 4.38. The molecule has 0 atom stereocenters. The van der Waals surface area contributed by atoms with Gasteiger partial charge in [0.1, 0.15) is 0 Å². The quantitative estimate of drug-likeness (QED) is 0.584. The zero-order chi connectivity index (χ0) is 10.3. The summed E-state index contributed by atoms with van der Waals surface area (Å²) >= 11 is 0. The van der Waals surface area contributed by atoms with Gasteiger partial charge in [0.05, 0.1) is 11.7 Å². The molecule has 1 heterocycles. The lowest BCUT2D eigenvalue weighted by molar-refractivity contribution is 0.685. The SMILES string of the molecule is CCn1ncc2ccc3ccccc3c21. The van der Waals surface area contributed by atoms with E-state index in [0.717, 1.165) is 6.54 Å². The highest BCUT2D eigenvalue weighted by Crippen LogP contribution is 2.24. The van der Waals surface area contributed by atoms with Gasteiger partial charge >= 0.3 is 0 Å². The molecule has 0 aliphatic rings. The maximum absolute atomic E-state index is 4.38. The van der Waals surface area contributed by atoms with E-state index in [0.29, 0.717) is 0 Å². The van der Waals surface area contributed by atoms with Crippen LogP contribution in [0.15, 0.2) is 42.6 Å². The van der Waals surface area contributed by atoms with E-state index in [1.807, 2.05) is 6.20 Å². The monoisotopic (exact) mass is 196 g/mol. The van der Waals surface area contributed by atoms with Gasteiger partial charge in [0.2, 0.25) is 0 Å². The molecule has 0 spiro atoms. The van der Waals surface area contributed by atoms with Crippen molar-refractivity contribution in [2.75, 3.05) is 0 Å². The molecule has 3 aromatic rings. The third kappa shape index (κ3) is 1.14. The summed E-state index contributed by atoms with van der Waals surface area (Å²) in [6.45, 7) is 3.03. The highest BCUT2D eigenvalue weighted by Gasteiger charge is 2.04. The second-order valence-electron chi connectivity index (χ2n) is 3.68. The molecule has 0 fully saturated rings. The van der Waals surface area contributed by atoms with Crippen LogP contribution in [0.5, 0.6) is 0 Å². The van der Waals surface area contributed by atoms with Gasteiger partial charge in [-0.1, -0.05) is 36.4 Å². The topological polar surface area (TPSA) is 17.8 Å². The molecule has 1 aromatic heterocycles. The van der Waals surface area contributed by atoms with E-state index < -0.39 is 0 Å². The van der Waals surface area contributed by atoms with Crippen molar-refractivity contribution in [3.8, 4) is 0 Å². The highest BCUT2D eigenvalue weighted by atomic mass is 15.3. The molecular formula is C13H12N2. The molecule has 15 heavy (non-hydrogen) atoms. The molecule has 2 aromatic carbocycles. The minimum Gasteiger partial charge on any atom is -0.265 e. The first-order chi connectivity index (χ1) is 7.40. The van der Waals surface area contributed by atoms with Crippen molar-refractivity contribution in [2.45, 2.75) is 13.5 Å². The second-order valence-corrected chi connectivity index (χ2v) is 3.68. The third-order valence-corrected chi connectivity index (χ3v) is 2.83. The summed E-state index contributed by atoms with van der Waals surface area (Å²) in [6.07, 6.45) is 1.94. The van der Waals surface area contributed by atoms with Gasteiger partial charge in [0.25, 0.3) is 0 Å². The predicted octanol–water partition coefficient (Wildman–Crippen LogP) is 3.21. The first kappa shape index (κ1) is 8.48. The van der Waals surface area contributed by atoms with Gasteiger partial charge in [0, 0.05) is 17.3 Å². The van der Waals surface area contributed by atoms with Crippen molar-refractivity contribution in [3.05, 3.63) is 42.6 Å². The lowest BCUT2D eigenvalue weighted by Gasteiger charge is -2.03. The summed E-state index contributed by atoms with van der Waals surface area (Å²) < 4.78 is 2.05. The molecule has 0 saturated carbocycles. The number of nitrogens with zero attached hydrogens (tertiary/aromatic N) is 2. The number of aromatic nitrogens is 2. The Balaban J connectivity index is 2.56. The Hall–Kier alpha value is -1.83. The summed E-state index contributed by atoms with van der Waals surface area (Å²) in [5.41, 5.74) is 1.25. The normalized spacial score (nSPS) is 11.3. The van der Waals surface area contributed by atoms with Crippen LogP contribution in [0.3, 0.4) is 0 Å². The molecule has 0 radical (unpaired) electrons. The minimum absolute atomic E-state index is 0.914. The van der Waals surface area contributed by atoms with Crippen molar-refractivity contribution in [1.29, 1.82) is 0 Å². The molecule has 0 N–H and O–H groups in total. The molecule has 2 nitrogen and oxygen atoms in total. The predicted molar refractivity (Wildman–Crippen MR) is 62.9 cm³/mol. The molecule has 0 saturated heterocycles. The number of aryl methyl sites for hydroxylation is 1. The summed E-state index contributed by atoms with van der Waals surface area (Å²) in [4.78, 5) is 0. The standard InChI is InChI=1S/C13H12N2/c1-2-15-13-11(9-14-15)8-7-10-5-3-4-6-12(10)13/h3-9H,2H2,1H3. The van der Waals surface area contributed by atoms with E-state index in [9.17, 15) is 0 Å². The van der Waals surface area contributed by atoms with E-state index >= 15 is 0 Å². The molecule has 0 aliphatic carbocycles. The van der Waals surface area contributed by atoms with Crippen LogP contribution in [-0.2, 0) is 6.54 Å². The molecule has 3 rings (SSSR count). The Morgan fingerprint density at radius 1 is 1.07 bits per heavy atom. The molecule has 0 aliphatic heterocycles. The van der Waals surface area contributed by atoms with E-state index in [2.05, 4.69) is 53.1 Å². The summed E-state index contributed by atoms with van der Waals surface area (Å²) in [6, 6.07) is 12.7. The molecule has 0 amide bonds. The Labute approximate surface area is 88.1 Å². The number of rotatable bonds is 1. The van der Waals surface area contributed by atoms with Crippen LogP contribution in [0.25, 0.3) is 21.7 Å². The van der Waals surface area contributed by atoms with Crippen molar-refractivity contribution in [2.24, 2.45) is 0 Å². The summed E-state index contributed by atoms with van der Waals surface area (Å²) in [5.74, 6) is 0. The molecule has 0 unspecified atom stereocenters. The average molecular weight is 196 g/mol. The maximum Gasteiger partial charge on any atom is 0.0760 e. The van der Waals surface area contributed by atoms with Crippen molar-refractivity contribution >= 4 is 21.7 Å². The Bertz CT molecular complexity index is 623. The Kier molecular flexibility index (Phi) is 1.75. The van der Waals surface area contributed by atoms with Crippen LogP contribution in [0.2, 0.25) is 0 Å². The van der Waals surface area contributed by atoms with Gasteiger partial charge in [-0.2, -0.15) is 5.10 Å². The Morgan fingerprint density at radius 2 is 1.87 bits per heavy atom. The summed E-state index contributed by atoms with van der Waals surface area (Å²) in [5, 5.41) is 8.16. The fraction of sp³-hybridized carbons (Fsp3) is 0.154. The summed E-state index contributed by atoms with van der Waals surface area (Å²) in [7, 11) is 0. The van der Waals surface area contributed by atoms with Crippen LogP contribution < -0.4 is 0 Å². The van der Waals surface area contributed by atoms with Crippen LogP contribution in [0.1, 0.15) is 6.92 Å². The second kappa shape index (κ2) is 3.09. The number of benzene rings is 2. The van der Waals surface area contributed by atoms with Crippen LogP contribution in [-0.4, -0.2) is 9.78 Å². The molecule has 2 heteroatoms. The number of hydrogen-bond acceptors (Lipinski definition) is 1. The van der Waals surface area contributed by atoms with Gasteiger partial charge < -0.3 is 0 Å². The van der Waals surface area contributed by atoms with Crippen LogP contribution >= 0.6 is 0 Å². The van der Waals surface area contributed by atoms with Crippen LogP contribution in [0, 0.1) is 0 Å². The lowest BCUT2D eigenvalue weighted by Crippen LogP contribution is -1.95.